The molecule has 5 nitrogen and oxygen atoms in total. The number of hydrazone groups is 1. The van der Waals surface area contributed by atoms with Crippen LogP contribution < -0.4 is 16.9 Å². The summed E-state index contributed by atoms with van der Waals surface area (Å²) in [5, 5.41) is 6.88. The molecule has 0 spiro atoms. The standard InChI is InChI=1S/C12H14Cl2N4O/c1-6(15)11(7(2)18-16)12(19)17-8-3-4-9(13)10(14)5-8/h3-5H,15-16H2,1-2H3,(H,17,19). The minimum absolute atomic E-state index is 0.230. The molecule has 0 saturated carbocycles. The lowest BCUT2D eigenvalue weighted by Gasteiger charge is -2.10. The lowest BCUT2D eigenvalue weighted by molar-refractivity contribution is -0.112. The average molecular weight is 301 g/mol. The number of hydrogen-bond donors (Lipinski definition) is 3. The maximum atomic E-state index is 12.1. The molecule has 0 atom stereocenters. The summed E-state index contributed by atoms with van der Waals surface area (Å²) in [4.78, 5) is 12.1. The Balaban J connectivity index is 3.01. The van der Waals surface area contributed by atoms with Crippen LogP contribution in [0.1, 0.15) is 13.8 Å². The van der Waals surface area contributed by atoms with Gasteiger partial charge in [-0.05, 0) is 32.0 Å². The third-order valence-corrected chi connectivity index (χ3v) is 3.09. The molecule has 0 aliphatic heterocycles. The fourth-order valence-corrected chi connectivity index (χ4v) is 1.76. The first kappa shape index (κ1) is 15.3. The number of nitrogens with two attached hydrogens (primary N) is 2. The van der Waals surface area contributed by atoms with E-state index in [1.807, 2.05) is 0 Å². The summed E-state index contributed by atoms with van der Waals surface area (Å²) in [5.41, 5.74) is 7.06. The van der Waals surface area contributed by atoms with Crippen molar-refractivity contribution in [3.05, 3.63) is 39.5 Å². The second kappa shape index (κ2) is 6.45. The summed E-state index contributed by atoms with van der Waals surface area (Å²) in [6.45, 7) is 3.19. The quantitative estimate of drug-likeness (QED) is 0.346. The van der Waals surface area contributed by atoms with Crippen molar-refractivity contribution in [1.82, 2.24) is 0 Å². The lowest BCUT2D eigenvalue weighted by atomic mass is 10.1. The fraction of sp³-hybridized carbons (Fsp3) is 0.167. The Labute approximate surface area is 121 Å². The summed E-state index contributed by atoms with van der Waals surface area (Å²) in [6, 6.07) is 4.76. The normalized spacial score (nSPS) is 12.9. The van der Waals surface area contributed by atoms with Gasteiger partial charge < -0.3 is 16.9 Å². The molecule has 1 amide bonds. The largest absolute Gasteiger partial charge is 0.402 e. The number of halogens is 2. The molecule has 0 heterocycles. The van der Waals surface area contributed by atoms with Crippen molar-refractivity contribution in [3.8, 4) is 0 Å². The maximum Gasteiger partial charge on any atom is 0.259 e. The Morgan fingerprint density at radius 3 is 2.37 bits per heavy atom. The molecule has 0 radical (unpaired) electrons. The van der Waals surface area contributed by atoms with Crippen molar-refractivity contribution in [1.29, 1.82) is 0 Å². The van der Waals surface area contributed by atoms with Crippen LogP contribution in [0.15, 0.2) is 34.6 Å². The number of benzene rings is 1. The van der Waals surface area contributed by atoms with Crippen LogP contribution in [0.5, 0.6) is 0 Å². The Bertz CT molecular complexity index is 563. The first-order chi connectivity index (χ1) is 8.86. The second-order valence-corrected chi connectivity index (χ2v) is 4.67. The molecule has 0 aliphatic carbocycles. The highest BCUT2D eigenvalue weighted by atomic mass is 35.5. The maximum absolute atomic E-state index is 12.1. The van der Waals surface area contributed by atoms with Gasteiger partial charge in [-0.15, -0.1) is 0 Å². The van der Waals surface area contributed by atoms with E-state index in [1.54, 1.807) is 32.0 Å². The first-order valence-electron chi connectivity index (χ1n) is 5.34. The number of carbonyl (C=O) groups excluding carboxylic acids is 1. The van der Waals surface area contributed by atoms with Crippen LogP contribution >= 0.6 is 23.2 Å². The Kier molecular flexibility index (Phi) is 5.20. The van der Waals surface area contributed by atoms with E-state index in [9.17, 15) is 4.79 Å². The molecular weight excluding hydrogens is 287 g/mol. The van der Waals surface area contributed by atoms with E-state index >= 15 is 0 Å². The van der Waals surface area contributed by atoms with Crippen LogP contribution in [0.2, 0.25) is 10.0 Å². The molecule has 1 aromatic carbocycles. The van der Waals surface area contributed by atoms with Gasteiger partial charge in [0.05, 0.1) is 21.3 Å². The predicted molar refractivity (Wildman–Crippen MR) is 79.3 cm³/mol. The Hall–Kier alpha value is -1.72. The van der Waals surface area contributed by atoms with E-state index in [1.165, 1.54) is 0 Å². The minimum atomic E-state index is -0.412. The SMILES string of the molecule is CC(=NN)C(C(=O)Nc1ccc(Cl)c(Cl)c1)=C(C)N. The third kappa shape index (κ3) is 3.87. The average Bonchev–Trinajstić information content (AvgIpc) is 2.33. The van der Waals surface area contributed by atoms with Gasteiger partial charge in [0.2, 0.25) is 0 Å². The zero-order chi connectivity index (χ0) is 14.6. The van der Waals surface area contributed by atoms with E-state index in [-0.39, 0.29) is 5.57 Å². The van der Waals surface area contributed by atoms with Gasteiger partial charge in [0.1, 0.15) is 0 Å². The van der Waals surface area contributed by atoms with Crippen molar-refractivity contribution in [2.75, 3.05) is 5.32 Å². The van der Waals surface area contributed by atoms with E-state index in [0.717, 1.165) is 0 Å². The molecule has 1 rings (SSSR count). The molecule has 0 bridgehead atoms. The van der Waals surface area contributed by atoms with Gasteiger partial charge in [0, 0.05) is 11.4 Å². The van der Waals surface area contributed by atoms with Crippen molar-refractivity contribution < 1.29 is 4.79 Å². The highest BCUT2D eigenvalue weighted by Gasteiger charge is 2.15. The van der Waals surface area contributed by atoms with Gasteiger partial charge in [-0.25, -0.2) is 0 Å². The summed E-state index contributed by atoms with van der Waals surface area (Å²) in [6.07, 6.45) is 0. The number of allylic oxidation sites excluding steroid dienone is 1. The molecule has 1 aromatic rings. The first-order valence-corrected chi connectivity index (χ1v) is 6.10. The summed E-state index contributed by atoms with van der Waals surface area (Å²) in [7, 11) is 0. The Morgan fingerprint density at radius 1 is 1.26 bits per heavy atom. The van der Waals surface area contributed by atoms with Crippen LogP contribution in [0.3, 0.4) is 0 Å². The van der Waals surface area contributed by atoms with Gasteiger partial charge in [0.15, 0.2) is 0 Å². The summed E-state index contributed by atoms with van der Waals surface area (Å²) < 4.78 is 0. The van der Waals surface area contributed by atoms with E-state index in [2.05, 4.69) is 10.4 Å². The van der Waals surface area contributed by atoms with Gasteiger partial charge in [0.25, 0.3) is 5.91 Å². The molecule has 0 aromatic heterocycles. The van der Waals surface area contributed by atoms with Crippen LogP contribution in [0.4, 0.5) is 5.69 Å². The summed E-state index contributed by atoms with van der Waals surface area (Å²) in [5.74, 6) is 4.75. The highest BCUT2D eigenvalue weighted by Crippen LogP contribution is 2.25. The van der Waals surface area contributed by atoms with Gasteiger partial charge in [-0.3, -0.25) is 4.79 Å². The minimum Gasteiger partial charge on any atom is -0.402 e. The third-order valence-electron chi connectivity index (χ3n) is 2.35. The zero-order valence-electron chi connectivity index (χ0n) is 10.5. The molecule has 0 saturated heterocycles. The van der Waals surface area contributed by atoms with Gasteiger partial charge in [-0.1, -0.05) is 23.2 Å². The molecule has 0 aliphatic rings. The molecular formula is C12H14Cl2N4O. The highest BCUT2D eigenvalue weighted by molar-refractivity contribution is 6.42. The monoisotopic (exact) mass is 300 g/mol. The lowest BCUT2D eigenvalue weighted by Crippen LogP contribution is -2.23. The second-order valence-electron chi connectivity index (χ2n) is 3.86. The molecule has 19 heavy (non-hydrogen) atoms. The van der Waals surface area contributed by atoms with Gasteiger partial charge in [-0.2, -0.15) is 5.10 Å². The molecule has 0 unspecified atom stereocenters. The fourth-order valence-electron chi connectivity index (χ4n) is 1.46. The molecule has 5 N–H and O–H groups in total. The van der Waals surface area contributed by atoms with E-state index in [4.69, 9.17) is 34.8 Å². The van der Waals surface area contributed by atoms with E-state index in [0.29, 0.717) is 27.1 Å². The van der Waals surface area contributed by atoms with Crippen molar-refractivity contribution in [2.45, 2.75) is 13.8 Å². The molecule has 0 fully saturated rings. The number of carbonyl (C=O) groups is 1. The van der Waals surface area contributed by atoms with Gasteiger partial charge >= 0.3 is 0 Å². The topological polar surface area (TPSA) is 93.5 Å². The number of hydrogen-bond acceptors (Lipinski definition) is 4. The molecule has 7 heteroatoms. The van der Waals surface area contributed by atoms with Crippen LogP contribution in [-0.4, -0.2) is 11.6 Å². The van der Waals surface area contributed by atoms with Crippen LogP contribution in [0.25, 0.3) is 0 Å². The van der Waals surface area contributed by atoms with Crippen LogP contribution in [0, 0.1) is 0 Å². The van der Waals surface area contributed by atoms with Crippen molar-refractivity contribution >= 4 is 40.5 Å². The summed E-state index contributed by atoms with van der Waals surface area (Å²) >= 11 is 11.7. The smallest absolute Gasteiger partial charge is 0.259 e. The van der Waals surface area contributed by atoms with E-state index < -0.39 is 5.91 Å². The predicted octanol–water partition coefficient (Wildman–Crippen LogP) is 2.50. The zero-order valence-corrected chi connectivity index (χ0v) is 12.0. The van der Waals surface area contributed by atoms with Crippen molar-refractivity contribution in [3.63, 3.8) is 0 Å². The number of nitrogens with one attached hydrogen (secondary N) is 1. The number of anilines is 1. The number of amides is 1. The van der Waals surface area contributed by atoms with Crippen LogP contribution in [-0.2, 0) is 4.79 Å². The number of rotatable bonds is 3. The number of nitrogens with zero attached hydrogens (tertiary/aromatic N) is 1. The Morgan fingerprint density at radius 2 is 1.89 bits per heavy atom. The molecule has 102 valence electrons. The van der Waals surface area contributed by atoms with Crippen molar-refractivity contribution in [2.24, 2.45) is 16.7 Å².